The Kier molecular flexibility index (Phi) is 4.74. The van der Waals surface area contributed by atoms with Crippen LogP contribution in [0.4, 0.5) is 0 Å². The highest BCUT2D eigenvalue weighted by atomic mass is 32.1. The van der Waals surface area contributed by atoms with Gasteiger partial charge in [-0.05, 0) is 12.1 Å². The van der Waals surface area contributed by atoms with Crippen molar-refractivity contribution in [2.75, 3.05) is 0 Å². The summed E-state index contributed by atoms with van der Waals surface area (Å²) in [6.45, 7) is 0. The van der Waals surface area contributed by atoms with Crippen molar-refractivity contribution in [2.24, 2.45) is 10.2 Å². The number of hydrogen-bond acceptors (Lipinski definition) is 5. The van der Waals surface area contributed by atoms with Gasteiger partial charge in [-0.3, -0.25) is 21.7 Å². The smallest absolute Gasteiger partial charge is 0.0998 e. The number of nitrogens with one attached hydrogen (secondary N) is 4. The lowest BCUT2D eigenvalue weighted by molar-refractivity contribution is 1.05. The van der Waals surface area contributed by atoms with Crippen molar-refractivity contribution in [1.29, 1.82) is 10.8 Å². The molecular formula is C8H10N6S. The minimum atomic E-state index is 0.959. The van der Waals surface area contributed by atoms with E-state index in [1.54, 1.807) is 12.4 Å². The van der Waals surface area contributed by atoms with Gasteiger partial charge in [0.15, 0.2) is 0 Å². The van der Waals surface area contributed by atoms with Crippen molar-refractivity contribution in [3.05, 3.63) is 21.9 Å². The fourth-order valence-electron chi connectivity index (χ4n) is 0.783. The third-order valence-corrected chi connectivity index (χ3v) is 2.26. The van der Waals surface area contributed by atoms with Crippen LogP contribution in [0.15, 0.2) is 22.3 Å². The molecule has 0 aliphatic carbocycles. The van der Waals surface area contributed by atoms with Gasteiger partial charge in [0.1, 0.15) is 0 Å². The third-order valence-electron chi connectivity index (χ3n) is 1.31. The van der Waals surface area contributed by atoms with Crippen molar-refractivity contribution >= 4 is 36.4 Å². The normalized spacial score (nSPS) is 10.7. The molecule has 6 nitrogen and oxygen atoms in total. The van der Waals surface area contributed by atoms with Crippen LogP contribution in [0.25, 0.3) is 0 Å². The number of thiophene rings is 1. The lowest BCUT2D eigenvalue weighted by Crippen LogP contribution is -1.99. The van der Waals surface area contributed by atoms with Crippen molar-refractivity contribution in [3.8, 4) is 0 Å². The SMILES string of the molecule is N=CN/N=C/c1ccc(/C=N/NC=N)s1. The van der Waals surface area contributed by atoms with Crippen LogP contribution in [0.1, 0.15) is 9.75 Å². The first-order valence-electron chi connectivity index (χ1n) is 4.01. The van der Waals surface area contributed by atoms with Crippen LogP contribution in [0.5, 0.6) is 0 Å². The van der Waals surface area contributed by atoms with E-state index in [9.17, 15) is 0 Å². The fourth-order valence-corrected chi connectivity index (χ4v) is 1.54. The zero-order valence-electron chi connectivity index (χ0n) is 7.77. The minimum absolute atomic E-state index is 0.959. The molecule has 15 heavy (non-hydrogen) atoms. The minimum Gasteiger partial charge on any atom is -0.290 e. The zero-order valence-corrected chi connectivity index (χ0v) is 8.58. The number of nitrogens with zero attached hydrogens (tertiary/aromatic N) is 2. The molecule has 0 radical (unpaired) electrons. The maximum Gasteiger partial charge on any atom is 0.0998 e. The molecule has 1 rings (SSSR count). The summed E-state index contributed by atoms with van der Waals surface area (Å²) in [7, 11) is 0. The molecule has 1 heterocycles. The quantitative estimate of drug-likeness (QED) is 0.325. The molecule has 0 spiro atoms. The largest absolute Gasteiger partial charge is 0.290 e. The molecule has 78 valence electrons. The molecule has 0 aliphatic heterocycles. The molecule has 1 aromatic heterocycles. The summed E-state index contributed by atoms with van der Waals surface area (Å²) in [5.74, 6) is 0. The lowest BCUT2D eigenvalue weighted by atomic mass is 10.4. The molecule has 0 fully saturated rings. The highest BCUT2D eigenvalue weighted by Gasteiger charge is 1.94. The average molecular weight is 222 g/mol. The fraction of sp³-hybridized carbons (Fsp3) is 0. The summed E-state index contributed by atoms with van der Waals surface area (Å²) in [6, 6.07) is 3.79. The van der Waals surface area contributed by atoms with E-state index >= 15 is 0 Å². The van der Waals surface area contributed by atoms with Crippen molar-refractivity contribution in [2.45, 2.75) is 0 Å². The first-order chi connectivity index (χ1) is 7.36. The molecule has 1 aromatic rings. The van der Waals surface area contributed by atoms with Crippen LogP contribution >= 0.6 is 11.3 Å². The lowest BCUT2D eigenvalue weighted by Gasteiger charge is -1.85. The van der Waals surface area contributed by atoms with Gasteiger partial charge >= 0.3 is 0 Å². The van der Waals surface area contributed by atoms with Gasteiger partial charge in [-0.2, -0.15) is 10.2 Å². The van der Waals surface area contributed by atoms with Crippen molar-refractivity contribution in [1.82, 2.24) is 10.9 Å². The summed E-state index contributed by atoms with van der Waals surface area (Å²) in [5, 5.41) is 20.9. The van der Waals surface area contributed by atoms with Gasteiger partial charge < -0.3 is 0 Å². The predicted molar refractivity (Wildman–Crippen MR) is 63.3 cm³/mol. The Balaban J connectivity index is 2.55. The van der Waals surface area contributed by atoms with Gasteiger partial charge in [-0.15, -0.1) is 11.3 Å². The van der Waals surface area contributed by atoms with E-state index in [-0.39, 0.29) is 0 Å². The van der Waals surface area contributed by atoms with Crippen LogP contribution in [0.2, 0.25) is 0 Å². The summed E-state index contributed by atoms with van der Waals surface area (Å²) < 4.78 is 0. The van der Waals surface area contributed by atoms with Crippen molar-refractivity contribution in [3.63, 3.8) is 0 Å². The molecule has 0 aromatic carbocycles. The Hall–Kier alpha value is -2.02. The van der Waals surface area contributed by atoms with E-state index in [1.165, 1.54) is 11.3 Å². The summed E-state index contributed by atoms with van der Waals surface area (Å²) in [6.07, 6.45) is 5.25. The molecule has 0 bridgehead atoms. The second-order valence-corrected chi connectivity index (χ2v) is 3.45. The van der Waals surface area contributed by atoms with Gasteiger partial charge in [0.05, 0.1) is 25.1 Å². The molecule has 7 heteroatoms. The Bertz CT molecular complexity index is 346. The van der Waals surface area contributed by atoms with Crippen LogP contribution < -0.4 is 10.9 Å². The number of hydrogen-bond donors (Lipinski definition) is 4. The Morgan fingerprint density at radius 3 is 1.87 bits per heavy atom. The van der Waals surface area contributed by atoms with Gasteiger partial charge in [0, 0.05) is 9.75 Å². The second kappa shape index (κ2) is 6.44. The standard InChI is InChI=1S/C8H10N6S/c9-5-13-11-3-7-1-2-8(15-7)4-12-14-6-10/h1-6H,(H2,9,13)(H2,10,14)/b11-3+,12-4+. The average Bonchev–Trinajstić information content (AvgIpc) is 2.67. The first-order valence-corrected chi connectivity index (χ1v) is 4.83. The van der Waals surface area contributed by atoms with E-state index < -0.39 is 0 Å². The van der Waals surface area contributed by atoms with Crippen LogP contribution in [-0.4, -0.2) is 25.1 Å². The molecule has 0 amide bonds. The van der Waals surface area contributed by atoms with Crippen LogP contribution in [0.3, 0.4) is 0 Å². The zero-order chi connectivity index (χ0) is 10.9. The Morgan fingerprint density at radius 2 is 1.47 bits per heavy atom. The molecular weight excluding hydrogens is 212 g/mol. The molecule has 0 atom stereocenters. The van der Waals surface area contributed by atoms with Crippen molar-refractivity contribution < 1.29 is 0 Å². The van der Waals surface area contributed by atoms with E-state index in [2.05, 4.69) is 21.1 Å². The topological polar surface area (TPSA) is 96.5 Å². The van der Waals surface area contributed by atoms with Crippen LogP contribution in [-0.2, 0) is 0 Å². The third kappa shape index (κ3) is 4.14. The maximum absolute atomic E-state index is 6.69. The second-order valence-electron chi connectivity index (χ2n) is 2.30. The van der Waals surface area contributed by atoms with E-state index in [0.29, 0.717) is 0 Å². The molecule has 4 N–H and O–H groups in total. The molecule has 0 saturated heterocycles. The number of hydrazone groups is 2. The van der Waals surface area contributed by atoms with Gasteiger partial charge in [0.25, 0.3) is 0 Å². The summed E-state index contributed by atoms with van der Waals surface area (Å²) in [4.78, 5) is 1.92. The van der Waals surface area contributed by atoms with Crippen LogP contribution in [0, 0.1) is 10.8 Å². The summed E-state index contributed by atoms with van der Waals surface area (Å²) >= 11 is 1.50. The Labute approximate surface area is 90.7 Å². The van der Waals surface area contributed by atoms with E-state index in [1.807, 2.05) is 12.1 Å². The van der Waals surface area contributed by atoms with Gasteiger partial charge in [-0.1, -0.05) is 0 Å². The van der Waals surface area contributed by atoms with Gasteiger partial charge in [0.2, 0.25) is 0 Å². The maximum atomic E-state index is 6.69. The predicted octanol–water partition coefficient (Wildman–Crippen LogP) is 0.809. The molecule has 0 saturated carbocycles. The van der Waals surface area contributed by atoms with E-state index in [4.69, 9.17) is 10.8 Å². The van der Waals surface area contributed by atoms with Gasteiger partial charge in [-0.25, -0.2) is 0 Å². The summed E-state index contributed by atoms with van der Waals surface area (Å²) in [5.41, 5.74) is 4.80. The Morgan fingerprint density at radius 1 is 1.00 bits per heavy atom. The highest BCUT2D eigenvalue weighted by Crippen LogP contribution is 2.11. The number of rotatable bonds is 6. The molecule has 0 unspecified atom stereocenters. The van der Waals surface area contributed by atoms with E-state index in [0.717, 1.165) is 22.4 Å². The highest BCUT2D eigenvalue weighted by molar-refractivity contribution is 7.15. The first kappa shape index (κ1) is 11.1. The molecule has 0 aliphatic rings. The monoisotopic (exact) mass is 222 g/mol.